The summed E-state index contributed by atoms with van der Waals surface area (Å²) >= 11 is 0. The molecule has 0 fully saturated rings. The largest absolute Gasteiger partial charge is 0.0619 e. The molecule has 1 aromatic rings. The summed E-state index contributed by atoms with van der Waals surface area (Å²) in [5.74, 6) is 1.45. The van der Waals surface area contributed by atoms with E-state index in [1.165, 1.54) is 24.8 Å². The van der Waals surface area contributed by atoms with Crippen molar-refractivity contribution >= 4 is 0 Å². The van der Waals surface area contributed by atoms with Gasteiger partial charge in [-0.1, -0.05) is 45.9 Å². The molecule has 0 N–H and O–H groups in total. The van der Waals surface area contributed by atoms with Crippen molar-refractivity contribution in [2.24, 2.45) is 11.8 Å². The third-order valence-corrected chi connectivity index (χ3v) is 4.99. The van der Waals surface area contributed by atoms with E-state index in [9.17, 15) is 0 Å². The fourth-order valence-corrected chi connectivity index (χ4v) is 4.03. The summed E-state index contributed by atoms with van der Waals surface area (Å²) in [6.45, 7) is 11.9. The Labute approximate surface area is 106 Å². The molecule has 1 aliphatic carbocycles. The third kappa shape index (κ3) is 1.82. The lowest BCUT2D eigenvalue weighted by atomic mass is 9.58. The summed E-state index contributed by atoms with van der Waals surface area (Å²) in [7, 11) is 0. The van der Waals surface area contributed by atoms with E-state index in [1.807, 2.05) is 0 Å². The zero-order valence-corrected chi connectivity index (χ0v) is 12.0. The Balaban J connectivity index is 2.63. The molecule has 0 saturated heterocycles. The van der Waals surface area contributed by atoms with Gasteiger partial charge in [0.25, 0.3) is 0 Å². The van der Waals surface area contributed by atoms with E-state index in [4.69, 9.17) is 0 Å². The standard InChI is InChI=1S/C17H26/c1-12(2)17(13(3)4)11-7-9-15-14(5)8-6-10-16(15)17/h6,8,10,12-13H,7,9,11H2,1-5H3. The predicted octanol–water partition coefficient (Wildman–Crippen LogP) is 4.88. The average Bonchev–Trinajstić information content (AvgIpc) is 2.28. The first kappa shape index (κ1) is 12.7. The van der Waals surface area contributed by atoms with Gasteiger partial charge in [-0.25, -0.2) is 0 Å². The van der Waals surface area contributed by atoms with E-state index in [0.717, 1.165) is 11.8 Å². The van der Waals surface area contributed by atoms with Crippen LogP contribution >= 0.6 is 0 Å². The molecule has 0 nitrogen and oxygen atoms in total. The molecule has 0 heteroatoms. The van der Waals surface area contributed by atoms with Crippen LogP contribution in [0.25, 0.3) is 0 Å². The molecule has 0 heterocycles. The number of benzene rings is 1. The molecular weight excluding hydrogens is 204 g/mol. The molecule has 0 bridgehead atoms. The maximum Gasteiger partial charge on any atom is 0.000189 e. The topological polar surface area (TPSA) is 0 Å². The van der Waals surface area contributed by atoms with Gasteiger partial charge in [-0.2, -0.15) is 0 Å². The number of hydrogen-bond donors (Lipinski definition) is 0. The zero-order chi connectivity index (χ0) is 12.6. The van der Waals surface area contributed by atoms with Crippen molar-refractivity contribution in [1.82, 2.24) is 0 Å². The summed E-state index contributed by atoms with van der Waals surface area (Å²) in [5.41, 5.74) is 5.18. The predicted molar refractivity (Wildman–Crippen MR) is 75.5 cm³/mol. The monoisotopic (exact) mass is 230 g/mol. The molecule has 0 atom stereocenters. The van der Waals surface area contributed by atoms with Crippen molar-refractivity contribution in [1.29, 1.82) is 0 Å². The quantitative estimate of drug-likeness (QED) is 0.679. The summed E-state index contributed by atoms with van der Waals surface area (Å²) in [5, 5.41) is 0. The lowest BCUT2D eigenvalue weighted by Gasteiger charge is -2.46. The molecule has 0 unspecified atom stereocenters. The van der Waals surface area contributed by atoms with Gasteiger partial charge in [0.1, 0.15) is 0 Å². The van der Waals surface area contributed by atoms with E-state index >= 15 is 0 Å². The Hall–Kier alpha value is -0.780. The van der Waals surface area contributed by atoms with Crippen molar-refractivity contribution in [2.75, 3.05) is 0 Å². The van der Waals surface area contributed by atoms with Crippen LogP contribution in [0.5, 0.6) is 0 Å². The van der Waals surface area contributed by atoms with Crippen molar-refractivity contribution in [2.45, 2.75) is 59.3 Å². The molecule has 0 saturated carbocycles. The van der Waals surface area contributed by atoms with Crippen LogP contribution in [0.1, 0.15) is 57.2 Å². The fourth-order valence-electron chi connectivity index (χ4n) is 4.03. The van der Waals surface area contributed by atoms with Crippen molar-refractivity contribution in [3.05, 3.63) is 34.9 Å². The maximum absolute atomic E-state index is 2.40. The van der Waals surface area contributed by atoms with E-state index in [2.05, 4.69) is 52.8 Å². The lowest BCUT2D eigenvalue weighted by Crippen LogP contribution is -2.41. The van der Waals surface area contributed by atoms with Gasteiger partial charge in [-0.15, -0.1) is 0 Å². The van der Waals surface area contributed by atoms with Crippen molar-refractivity contribution < 1.29 is 0 Å². The van der Waals surface area contributed by atoms with Crippen molar-refractivity contribution in [3.8, 4) is 0 Å². The Morgan fingerprint density at radius 3 is 2.29 bits per heavy atom. The highest BCUT2D eigenvalue weighted by molar-refractivity contribution is 5.42. The fraction of sp³-hybridized carbons (Fsp3) is 0.647. The van der Waals surface area contributed by atoms with Crippen LogP contribution < -0.4 is 0 Å². The first-order chi connectivity index (χ1) is 8.00. The minimum absolute atomic E-state index is 0.402. The van der Waals surface area contributed by atoms with Gasteiger partial charge in [0.2, 0.25) is 0 Å². The molecule has 2 rings (SSSR count). The summed E-state index contributed by atoms with van der Waals surface area (Å²) in [6.07, 6.45) is 4.00. The minimum Gasteiger partial charge on any atom is -0.0619 e. The van der Waals surface area contributed by atoms with Crippen LogP contribution in [0.15, 0.2) is 18.2 Å². The second-order valence-electron chi connectivity index (χ2n) is 6.30. The molecule has 1 aromatic carbocycles. The second kappa shape index (κ2) is 4.48. The van der Waals surface area contributed by atoms with Gasteiger partial charge in [0.15, 0.2) is 0 Å². The zero-order valence-electron chi connectivity index (χ0n) is 12.0. The second-order valence-corrected chi connectivity index (χ2v) is 6.30. The number of rotatable bonds is 2. The van der Waals surface area contributed by atoms with E-state index in [-0.39, 0.29) is 0 Å². The van der Waals surface area contributed by atoms with Gasteiger partial charge < -0.3 is 0 Å². The normalized spacial score (nSPS) is 18.5. The molecule has 0 aromatic heterocycles. The van der Waals surface area contributed by atoms with Gasteiger partial charge >= 0.3 is 0 Å². The lowest BCUT2D eigenvalue weighted by molar-refractivity contribution is 0.185. The van der Waals surface area contributed by atoms with Crippen molar-refractivity contribution in [3.63, 3.8) is 0 Å². The van der Waals surface area contributed by atoms with Crippen LogP contribution in [0.3, 0.4) is 0 Å². The molecule has 17 heavy (non-hydrogen) atoms. The van der Waals surface area contributed by atoms with Gasteiger partial charge in [-0.3, -0.25) is 0 Å². The molecule has 94 valence electrons. The Kier molecular flexibility index (Phi) is 3.34. The third-order valence-electron chi connectivity index (χ3n) is 4.99. The molecule has 0 radical (unpaired) electrons. The molecule has 0 amide bonds. The summed E-state index contributed by atoms with van der Waals surface area (Å²) in [4.78, 5) is 0. The molecule has 1 aliphatic rings. The Bertz CT molecular complexity index is 390. The number of aryl methyl sites for hydroxylation is 1. The number of fused-ring (bicyclic) bond motifs is 1. The van der Waals surface area contributed by atoms with Crippen LogP contribution in [0.4, 0.5) is 0 Å². The maximum atomic E-state index is 2.40. The Morgan fingerprint density at radius 1 is 1.06 bits per heavy atom. The van der Waals surface area contributed by atoms with Crippen LogP contribution in [-0.4, -0.2) is 0 Å². The minimum atomic E-state index is 0.402. The van der Waals surface area contributed by atoms with Gasteiger partial charge in [0, 0.05) is 5.41 Å². The van der Waals surface area contributed by atoms with E-state index in [1.54, 1.807) is 11.1 Å². The SMILES string of the molecule is Cc1cccc2c1CCCC2(C(C)C)C(C)C. The van der Waals surface area contributed by atoms with Gasteiger partial charge in [0.05, 0.1) is 0 Å². The van der Waals surface area contributed by atoms with E-state index < -0.39 is 0 Å². The first-order valence-corrected chi connectivity index (χ1v) is 7.09. The highest BCUT2D eigenvalue weighted by atomic mass is 14.5. The van der Waals surface area contributed by atoms with Crippen LogP contribution in [-0.2, 0) is 11.8 Å². The highest BCUT2D eigenvalue weighted by Gasteiger charge is 2.41. The highest BCUT2D eigenvalue weighted by Crippen LogP contribution is 2.48. The smallest absolute Gasteiger partial charge is 0.000189 e. The van der Waals surface area contributed by atoms with Gasteiger partial charge in [-0.05, 0) is 54.7 Å². The first-order valence-electron chi connectivity index (χ1n) is 7.09. The van der Waals surface area contributed by atoms with Crippen LogP contribution in [0, 0.1) is 18.8 Å². The Morgan fingerprint density at radius 2 is 1.71 bits per heavy atom. The summed E-state index contributed by atoms with van der Waals surface area (Å²) in [6, 6.07) is 6.91. The molecule has 0 aliphatic heterocycles. The summed E-state index contributed by atoms with van der Waals surface area (Å²) < 4.78 is 0. The van der Waals surface area contributed by atoms with Crippen LogP contribution in [0.2, 0.25) is 0 Å². The number of hydrogen-bond acceptors (Lipinski definition) is 0. The molecular formula is C17H26. The van der Waals surface area contributed by atoms with E-state index in [0.29, 0.717) is 5.41 Å². The molecule has 0 spiro atoms. The average molecular weight is 230 g/mol.